The SMILES string of the molecule is CN(Cc1ccc2ccccc2n1)C(=O)CC[C@H]1NC(=O)NC1=O. The second-order valence-electron chi connectivity index (χ2n) is 5.80. The van der Waals surface area contributed by atoms with Gasteiger partial charge in [-0.25, -0.2) is 4.79 Å². The van der Waals surface area contributed by atoms with Crippen molar-refractivity contribution in [1.82, 2.24) is 20.5 Å². The minimum absolute atomic E-state index is 0.0982. The van der Waals surface area contributed by atoms with E-state index in [0.29, 0.717) is 6.54 Å². The molecule has 7 nitrogen and oxygen atoms in total. The maximum absolute atomic E-state index is 12.2. The quantitative estimate of drug-likeness (QED) is 0.807. The van der Waals surface area contributed by atoms with Crippen LogP contribution < -0.4 is 10.6 Å². The first-order valence-corrected chi connectivity index (χ1v) is 7.73. The molecule has 3 rings (SSSR count). The van der Waals surface area contributed by atoms with Gasteiger partial charge in [0, 0.05) is 18.9 Å². The summed E-state index contributed by atoms with van der Waals surface area (Å²) in [6.07, 6.45) is 0.467. The van der Waals surface area contributed by atoms with Gasteiger partial charge in [-0.15, -0.1) is 0 Å². The van der Waals surface area contributed by atoms with Crippen LogP contribution in [0.2, 0.25) is 0 Å². The van der Waals surface area contributed by atoms with E-state index in [2.05, 4.69) is 15.6 Å². The summed E-state index contributed by atoms with van der Waals surface area (Å²) in [5, 5.41) is 5.69. The molecule has 4 amide bonds. The molecular weight excluding hydrogens is 308 g/mol. The molecule has 1 aromatic carbocycles. The minimum atomic E-state index is -0.631. The summed E-state index contributed by atoms with van der Waals surface area (Å²) in [5.41, 5.74) is 1.69. The molecule has 0 spiro atoms. The lowest BCUT2D eigenvalue weighted by Gasteiger charge is -2.17. The summed E-state index contributed by atoms with van der Waals surface area (Å²) in [6, 6.07) is 10.5. The van der Waals surface area contributed by atoms with E-state index in [1.165, 1.54) is 0 Å². The topological polar surface area (TPSA) is 91.4 Å². The van der Waals surface area contributed by atoms with E-state index < -0.39 is 12.1 Å². The van der Waals surface area contributed by atoms with Crippen LogP contribution in [-0.2, 0) is 16.1 Å². The molecule has 0 saturated carbocycles. The van der Waals surface area contributed by atoms with Crippen LogP contribution in [0.5, 0.6) is 0 Å². The van der Waals surface area contributed by atoms with Crippen molar-refractivity contribution in [3.63, 3.8) is 0 Å². The van der Waals surface area contributed by atoms with Gasteiger partial charge in [0.2, 0.25) is 5.91 Å². The Bertz CT molecular complexity index is 805. The fraction of sp³-hybridized carbons (Fsp3) is 0.294. The number of nitrogens with one attached hydrogen (secondary N) is 2. The summed E-state index contributed by atoms with van der Waals surface area (Å²) in [7, 11) is 1.70. The Labute approximate surface area is 139 Å². The molecule has 2 N–H and O–H groups in total. The number of hydrogen-bond donors (Lipinski definition) is 2. The first-order chi connectivity index (χ1) is 11.5. The highest BCUT2D eigenvalue weighted by atomic mass is 16.2. The highest BCUT2D eigenvalue weighted by Crippen LogP contribution is 2.13. The van der Waals surface area contributed by atoms with Gasteiger partial charge in [0.1, 0.15) is 6.04 Å². The van der Waals surface area contributed by atoms with Gasteiger partial charge in [0.25, 0.3) is 5.91 Å². The zero-order valence-electron chi connectivity index (χ0n) is 13.3. The van der Waals surface area contributed by atoms with Crippen LogP contribution in [0.1, 0.15) is 18.5 Å². The third-order valence-electron chi connectivity index (χ3n) is 3.99. The summed E-state index contributed by atoms with van der Waals surface area (Å²) >= 11 is 0. The molecule has 1 saturated heterocycles. The first kappa shape index (κ1) is 15.9. The monoisotopic (exact) mass is 326 g/mol. The molecule has 7 heteroatoms. The number of carbonyl (C=O) groups excluding carboxylic acids is 3. The number of nitrogens with zero attached hydrogens (tertiary/aromatic N) is 2. The standard InChI is InChI=1S/C17H18N4O3/c1-21(15(22)9-8-14-16(23)20-17(24)19-14)10-12-7-6-11-4-2-3-5-13(11)18-12/h2-7,14H,8-10H2,1H3,(H2,19,20,23,24)/t14-/m1/s1. The summed E-state index contributed by atoms with van der Waals surface area (Å²) in [5.74, 6) is -0.481. The van der Waals surface area contributed by atoms with E-state index in [4.69, 9.17) is 0 Å². The number of carbonyl (C=O) groups is 3. The Balaban J connectivity index is 1.57. The number of urea groups is 1. The Morgan fingerprint density at radius 3 is 2.75 bits per heavy atom. The Morgan fingerprint density at radius 1 is 1.21 bits per heavy atom. The second-order valence-corrected chi connectivity index (χ2v) is 5.80. The Kier molecular flexibility index (Phi) is 4.41. The van der Waals surface area contributed by atoms with Crippen LogP contribution in [0.25, 0.3) is 10.9 Å². The third-order valence-corrected chi connectivity index (χ3v) is 3.99. The Morgan fingerprint density at radius 2 is 2.00 bits per heavy atom. The van der Waals surface area contributed by atoms with E-state index in [1.54, 1.807) is 11.9 Å². The van der Waals surface area contributed by atoms with Crippen LogP contribution in [-0.4, -0.2) is 40.8 Å². The number of amides is 4. The van der Waals surface area contributed by atoms with Crippen LogP contribution >= 0.6 is 0 Å². The lowest BCUT2D eigenvalue weighted by Crippen LogP contribution is -2.32. The largest absolute Gasteiger partial charge is 0.340 e. The summed E-state index contributed by atoms with van der Waals surface area (Å²) in [6.45, 7) is 0.396. The summed E-state index contributed by atoms with van der Waals surface area (Å²) < 4.78 is 0. The van der Waals surface area contributed by atoms with Crippen LogP contribution in [0, 0.1) is 0 Å². The lowest BCUT2D eigenvalue weighted by atomic mass is 10.1. The van der Waals surface area contributed by atoms with Crippen LogP contribution in [0.4, 0.5) is 4.79 Å². The number of imide groups is 1. The normalized spacial score (nSPS) is 16.8. The second kappa shape index (κ2) is 6.66. The van der Waals surface area contributed by atoms with Crippen LogP contribution in [0.15, 0.2) is 36.4 Å². The van der Waals surface area contributed by atoms with E-state index in [-0.39, 0.29) is 24.7 Å². The van der Waals surface area contributed by atoms with Crippen molar-refractivity contribution in [3.8, 4) is 0 Å². The Hall–Kier alpha value is -2.96. The maximum atomic E-state index is 12.2. The molecule has 0 unspecified atom stereocenters. The molecule has 1 aromatic heterocycles. The van der Waals surface area contributed by atoms with Crippen molar-refractivity contribution in [3.05, 3.63) is 42.1 Å². The van der Waals surface area contributed by atoms with Crippen molar-refractivity contribution >= 4 is 28.7 Å². The van der Waals surface area contributed by atoms with Gasteiger partial charge in [-0.2, -0.15) is 0 Å². The zero-order valence-corrected chi connectivity index (χ0v) is 13.3. The molecule has 1 fully saturated rings. The number of aromatic nitrogens is 1. The molecule has 0 bridgehead atoms. The number of para-hydroxylation sites is 1. The third kappa shape index (κ3) is 3.51. The molecule has 2 aromatic rings. The fourth-order valence-corrected chi connectivity index (χ4v) is 2.65. The zero-order chi connectivity index (χ0) is 17.1. The molecule has 0 aliphatic carbocycles. The average molecular weight is 326 g/mol. The van der Waals surface area contributed by atoms with Gasteiger partial charge in [-0.1, -0.05) is 24.3 Å². The van der Waals surface area contributed by atoms with Gasteiger partial charge < -0.3 is 10.2 Å². The van der Waals surface area contributed by atoms with Crippen molar-refractivity contribution < 1.29 is 14.4 Å². The molecule has 1 aliphatic rings. The van der Waals surface area contributed by atoms with Gasteiger partial charge in [0.05, 0.1) is 17.8 Å². The van der Waals surface area contributed by atoms with Crippen molar-refractivity contribution in [1.29, 1.82) is 0 Å². The molecule has 1 atom stereocenters. The molecule has 0 radical (unpaired) electrons. The van der Waals surface area contributed by atoms with Gasteiger partial charge >= 0.3 is 6.03 Å². The van der Waals surface area contributed by atoms with E-state index in [9.17, 15) is 14.4 Å². The fourth-order valence-electron chi connectivity index (χ4n) is 2.65. The predicted molar refractivity (Wildman–Crippen MR) is 87.9 cm³/mol. The van der Waals surface area contributed by atoms with Crippen molar-refractivity contribution in [2.24, 2.45) is 0 Å². The van der Waals surface area contributed by atoms with Gasteiger partial charge in [-0.3, -0.25) is 19.9 Å². The maximum Gasteiger partial charge on any atom is 0.322 e. The molecule has 124 valence electrons. The van der Waals surface area contributed by atoms with Crippen molar-refractivity contribution in [2.45, 2.75) is 25.4 Å². The van der Waals surface area contributed by atoms with E-state index in [0.717, 1.165) is 16.6 Å². The molecular formula is C17H18N4O3. The van der Waals surface area contributed by atoms with Crippen molar-refractivity contribution in [2.75, 3.05) is 7.05 Å². The molecule has 1 aliphatic heterocycles. The summed E-state index contributed by atoms with van der Waals surface area (Å²) in [4.78, 5) is 40.8. The number of pyridine rings is 1. The average Bonchev–Trinajstić information content (AvgIpc) is 2.90. The highest BCUT2D eigenvalue weighted by molar-refractivity contribution is 6.04. The number of rotatable bonds is 5. The predicted octanol–water partition coefficient (Wildman–Crippen LogP) is 1.18. The smallest absolute Gasteiger partial charge is 0.322 e. The number of benzene rings is 1. The van der Waals surface area contributed by atoms with Gasteiger partial charge in [0.15, 0.2) is 0 Å². The number of hydrogen-bond acceptors (Lipinski definition) is 4. The van der Waals surface area contributed by atoms with E-state index >= 15 is 0 Å². The molecule has 2 heterocycles. The van der Waals surface area contributed by atoms with Crippen LogP contribution in [0.3, 0.4) is 0 Å². The first-order valence-electron chi connectivity index (χ1n) is 7.73. The minimum Gasteiger partial charge on any atom is -0.340 e. The van der Waals surface area contributed by atoms with Gasteiger partial charge in [-0.05, 0) is 18.6 Å². The number of fused-ring (bicyclic) bond motifs is 1. The lowest BCUT2D eigenvalue weighted by molar-refractivity contribution is -0.130. The highest BCUT2D eigenvalue weighted by Gasteiger charge is 2.29. The molecule has 24 heavy (non-hydrogen) atoms. The van der Waals surface area contributed by atoms with E-state index in [1.807, 2.05) is 36.4 Å².